The molecule has 0 atom stereocenters. The zero-order valence-corrected chi connectivity index (χ0v) is 13.5. The Morgan fingerprint density at radius 3 is 2.40 bits per heavy atom. The molecule has 0 saturated carbocycles. The van der Waals surface area contributed by atoms with Gasteiger partial charge in [-0.3, -0.25) is 9.59 Å². The molecule has 3 rings (SSSR count). The van der Waals surface area contributed by atoms with Crippen LogP contribution in [0.2, 0.25) is 0 Å². The Labute approximate surface area is 145 Å². The molecule has 0 aliphatic carbocycles. The molecule has 2 amide bonds. The van der Waals surface area contributed by atoms with E-state index in [1.165, 1.54) is 6.21 Å². The SMILES string of the molecule is O=C(NCc1ccccc1)C(=O)NN=Cc1cccc2ccccc12. The van der Waals surface area contributed by atoms with Crippen LogP contribution in [-0.2, 0) is 16.1 Å². The van der Waals surface area contributed by atoms with E-state index in [4.69, 9.17) is 0 Å². The lowest BCUT2D eigenvalue weighted by molar-refractivity contribution is -0.139. The van der Waals surface area contributed by atoms with Crippen molar-refractivity contribution in [1.82, 2.24) is 10.7 Å². The highest BCUT2D eigenvalue weighted by molar-refractivity contribution is 6.35. The summed E-state index contributed by atoms with van der Waals surface area (Å²) in [6.45, 7) is 0.292. The number of hydrogen-bond acceptors (Lipinski definition) is 3. The molecule has 0 heterocycles. The highest BCUT2D eigenvalue weighted by Gasteiger charge is 2.11. The number of nitrogens with zero attached hydrogens (tertiary/aromatic N) is 1. The largest absolute Gasteiger partial charge is 0.344 e. The summed E-state index contributed by atoms with van der Waals surface area (Å²) in [5.41, 5.74) is 4.03. The van der Waals surface area contributed by atoms with Crippen LogP contribution in [0.3, 0.4) is 0 Å². The molecule has 0 saturated heterocycles. The van der Waals surface area contributed by atoms with E-state index in [0.29, 0.717) is 6.54 Å². The molecule has 2 N–H and O–H groups in total. The topological polar surface area (TPSA) is 70.6 Å². The molecule has 0 aliphatic rings. The third-order valence-electron chi connectivity index (χ3n) is 3.70. The molecule has 3 aromatic rings. The van der Waals surface area contributed by atoms with Crippen LogP contribution in [0.1, 0.15) is 11.1 Å². The highest BCUT2D eigenvalue weighted by atomic mass is 16.2. The quantitative estimate of drug-likeness (QED) is 0.438. The fourth-order valence-electron chi connectivity index (χ4n) is 2.43. The maximum atomic E-state index is 11.8. The molecule has 3 aromatic carbocycles. The molecule has 0 spiro atoms. The van der Waals surface area contributed by atoms with Crippen molar-refractivity contribution in [3.63, 3.8) is 0 Å². The number of fused-ring (bicyclic) bond motifs is 1. The number of nitrogens with one attached hydrogen (secondary N) is 2. The molecular formula is C20H17N3O2. The third kappa shape index (κ3) is 4.29. The Hall–Kier alpha value is -3.47. The monoisotopic (exact) mass is 331 g/mol. The minimum atomic E-state index is -0.799. The fraction of sp³-hybridized carbons (Fsp3) is 0.0500. The summed E-state index contributed by atoms with van der Waals surface area (Å²) in [6, 6.07) is 23.1. The summed E-state index contributed by atoms with van der Waals surface area (Å²) in [5, 5.41) is 8.54. The second kappa shape index (κ2) is 7.88. The van der Waals surface area contributed by atoms with Gasteiger partial charge in [-0.1, -0.05) is 72.8 Å². The summed E-state index contributed by atoms with van der Waals surface area (Å²) in [6.07, 6.45) is 1.53. The lowest BCUT2D eigenvalue weighted by Crippen LogP contribution is -2.37. The van der Waals surface area contributed by atoms with Crippen LogP contribution in [0.4, 0.5) is 0 Å². The molecule has 5 heteroatoms. The molecular weight excluding hydrogens is 314 g/mol. The first-order valence-electron chi connectivity index (χ1n) is 7.87. The number of hydrogen-bond donors (Lipinski definition) is 2. The summed E-state index contributed by atoms with van der Waals surface area (Å²) >= 11 is 0. The number of benzene rings is 3. The predicted octanol–water partition coefficient (Wildman–Crippen LogP) is 2.61. The molecule has 0 bridgehead atoms. The van der Waals surface area contributed by atoms with Gasteiger partial charge < -0.3 is 5.32 Å². The van der Waals surface area contributed by atoms with Gasteiger partial charge in [-0.15, -0.1) is 0 Å². The van der Waals surface area contributed by atoms with Gasteiger partial charge in [0.25, 0.3) is 0 Å². The van der Waals surface area contributed by atoms with Crippen molar-refractivity contribution in [2.45, 2.75) is 6.54 Å². The van der Waals surface area contributed by atoms with E-state index in [1.54, 1.807) is 0 Å². The zero-order chi connectivity index (χ0) is 17.5. The average Bonchev–Trinajstić information content (AvgIpc) is 2.67. The zero-order valence-electron chi connectivity index (χ0n) is 13.5. The summed E-state index contributed by atoms with van der Waals surface area (Å²) in [7, 11) is 0. The summed E-state index contributed by atoms with van der Waals surface area (Å²) in [5.74, 6) is -1.52. The Balaban J connectivity index is 1.57. The maximum absolute atomic E-state index is 11.8. The number of hydrazone groups is 1. The standard InChI is InChI=1S/C20H17N3O2/c24-19(21-13-15-7-2-1-3-8-15)20(25)23-22-14-17-11-6-10-16-9-4-5-12-18(16)17/h1-12,14H,13H2,(H,21,24)(H,23,25). The van der Waals surface area contributed by atoms with Crippen molar-refractivity contribution >= 4 is 28.8 Å². The lowest BCUT2D eigenvalue weighted by atomic mass is 10.1. The van der Waals surface area contributed by atoms with Crippen molar-refractivity contribution in [2.75, 3.05) is 0 Å². The van der Waals surface area contributed by atoms with Gasteiger partial charge in [-0.05, 0) is 16.3 Å². The van der Waals surface area contributed by atoms with Crippen molar-refractivity contribution in [1.29, 1.82) is 0 Å². The van der Waals surface area contributed by atoms with Gasteiger partial charge in [0.1, 0.15) is 0 Å². The first-order valence-corrected chi connectivity index (χ1v) is 7.87. The van der Waals surface area contributed by atoms with Crippen molar-refractivity contribution in [3.8, 4) is 0 Å². The van der Waals surface area contributed by atoms with E-state index in [0.717, 1.165) is 21.9 Å². The molecule has 0 aromatic heterocycles. The molecule has 0 fully saturated rings. The van der Waals surface area contributed by atoms with Gasteiger partial charge in [-0.25, -0.2) is 5.43 Å². The van der Waals surface area contributed by atoms with Crippen molar-refractivity contribution in [2.24, 2.45) is 5.10 Å². The van der Waals surface area contributed by atoms with Gasteiger partial charge in [0.2, 0.25) is 0 Å². The maximum Gasteiger partial charge on any atom is 0.329 e. The first kappa shape index (κ1) is 16.4. The Morgan fingerprint density at radius 1 is 0.840 bits per heavy atom. The minimum absolute atomic E-state index is 0.292. The van der Waals surface area contributed by atoms with Crippen LogP contribution in [0, 0.1) is 0 Å². The number of carbonyl (C=O) groups excluding carboxylic acids is 2. The number of amides is 2. The lowest BCUT2D eigenvalue weighted by Gasteiger charge is -2.04. The molecule has 25 heavy (non-hydrogen) atoms. The van der Waals surface area contributed by atoms with Crippen LogP contribution in [-0.4, -0.2) is 18.0 Å². The van der Waals surface area contributed by atoms with Gasteiger partial charge in [0.15, 0.2) is 0 Å². The first-order chi connectivity index (χ1) is 12.2. The Morgan fingerprint density at radius 2 is 1.56 bits per heavy atom. The van der Waals surface area contributed by atoms with Gasteiger partial charge in [0, 0.05) is 12.1 Å². The molecule has 124 valence electrons. The second-order valence-corrected chi connectivity index (χ2v) is 5.44. The average molecular weight is 331 g/mol. The minimum Gasteiger partial charge on any atom is -0.344 e. The van der Waals surface area contributed by atoms with E-state index in [2.05, 4.69) is 15.8 Å². The molecule has 0 aliphatic heterocycles. The van der Waals surface area contributed by atoms with Crippen LogP contribution < -0.4 is 10.7 Å². The predicted molar refractivity (Wildman–Crippen MR) is 98.0 cm³/mol. The Kier molecular flexibility index (Phi) is 5.16. The highest BCUT2D eigenvalue weighted by Crippen LogP contribution is 2.16. The van der Waals surface area contributed by atoms with Gasteiger partial charge in [0.05, 0.1) is 6.21 Å². The van der Waals surface area contributed by atoms with E-state index in [9.17, 15) is 9.59 Å². The van der Waals surface area contributed by atoms with Crippen molar-refractivity contribution in [3.05, 3.63) is 83.9 Å². The van der Waals surface area contributed by atoms with E-state index in [-0.39, 0.29) is 0 Å². The summed E-state index contributed by atoms with van der Waals surface area (Å²) in [4.78, 5) is 23.6. The smallest absolute Gasteiger partial charge is 0.329 e. The third-order valence-corrected chi connectivity index (χ3v) is 3.70. The summed E-state index contributed by atoms with van der Waals surface area (Å²) < 4.78 is 0. The van der Waals surface area contributed by atoms with Crippen LogP contribution >= 0.6 is 0 Å². The van der Waals surface area contributed by atoms with E-state index < -0.39 is 11.8 Å². The second-order valence-electron chi connectivity index (χ2n) is 5.44. The van der Waals surface area contributed by atoms with Gasteiger partial charge >= 0.3 is 11.8 Å². The van der Waals surface area contributed by atoms with Gasteiger partial charge in [-0.2, -0.15) is 5.10 Å². The Bertz CT molecular complexity index is 915. The normalized spacial score (nSPS) is 10.7. The molecule has 5 nitrogen and oxygen atoms in total. The molecule has 0 unspecified atom stereocenters. The van der Waals surface area contributed by atoms with Crippen LogP contribution in [0.25, 0.3) is 10.8 Å². The van der Waals surface area contributed by atoms with Crippen LogP contribution in [0.5, 0.6) is 0 Å². The number of carbonyl (C=O) groups is 2. The molecule has 0 radical (unpaired) electrons. The van der Waals surface area contributed by atoms with E-state index in [1.807, 2.05) is 72.8 Å². The fourth-order valence-corrected chi connectivity index (χ4v) is 2.43. The van der Waals surface area contributed by atoms with E-state index >= 15 is 0 Å². The van der Waals surface area contributed by atoms with Crippen LogP contribution in [0.15, 0.2) is 77.9 Å². The van der Waals surface area contributed by atoms with Crippen molar-refractivity contribution < 1.29 is 9.59 Å². The number of rotatable bonds is 4.